The lowest BCUT2D eigenvalue weighted by atomic mass is 10.1. The van der Waals surface area contributed by atoms with E-state index in [2.05, 4.69) is 15.6 Å². The third-order valence-corrected chi connectivity index (χ3v) is 4.36. The Labute approximate surface area is 156 Å². The number of hydrogen-bond acceptors (Lipinski definition) is 5. The van der Waals surface area contributed by atoms with Gasteiger partial charge in [-0.1, -0.05) is 59.8 Å². The Hall–Kier alpha value is -3.67. The smallest absolute Gasteiger partial charge is 0.339 e. The maximum absolute atomic E-state index is 12.2. The molecule has 3 aromatic carbocycles. The van der Waals surface area contributed by atoms with Crippen LogP contribution in [0.25, 0.3) is 11.0 Å². The Morgan fingerprint density at radius 1 is 0.963 bits per heavy atom. The van der Waals surface area contributed by atoms with Gasteiger partial charge in [-0.3, -0.25) is 0 Å². The number of nitrogens with one attached hydrogen (secondary N) is 1. The third-order valence-electron chi connectivity index (χ3n) is 4.36. The molecule has 0 saturated heterocycles. The molecular formula is C21H18N4O2. The zero-order valence-corrected chi connectivity index (χ0v) is 14.7. The van der Waals surface area contributed by atoms with Crippen LogP contribution in [0.15, 0.2) is 78.9 Å². The molecule has 4 rings (SSSR count). The molecule has 6 nitrogen and oxygen atoms in total. The number of nitrogens with zero attached hydrogens (tertiary/aromatic N) is 3. The Morgan fingerprint density at radius 2 is 1.67 bits per heavy atom. The van der Waals surface area contributed by atoms with Crippen LogP contribution in [0.1, 0.15) is 22.1 Å². The summed E-state index contributed by atoms with van der Waals surface area (Å²) in [6.45, 7) is 0. The predicted molar refractivity (Wildman–Crippen MR) is 104 cm³/mol. The quantitative estimate of drug-likeness (QED) is 0.548. The van der Waals surface area contributed by atoms with E-state index in [9.17, 15) is 4.79 Å². The highest BCUT2D eigenvalue weighted by atomic mass is 16.5. The number of fused-ring (bicyclic) bond motifs is 1. The van der Waals surface area contributed by atoms with Crippen molar-refractivity contribution in [1.82, 2.24) is 15.0 Å². The second-order valence-corrected chi connectivity index (χ2v) is 6.02. The van der Waals surface area contributed by atoms with Gasteiger partial charge in [0.15, 0.2) is 0 Å². The summed E-state index contributed by atoms with van der Waals surface area (Å²) in [5.74, 6) is -0.395. The second-order valence-electron chi connectivity index (χ2n) is 6.02. The minimum atomic E-state index is -0.395. The minimum Gasteiger partial charge on any atom is -0.465 e. The Balaban J connectivity index is 1.82. The van der Waals surface area contributed by atoms with Crippen molar-refractivity contribution < 1.29 is 9.53 Å². The molecule has 0 saturated carbocycles. The first-order valence-electron chi connectivity index (χ1n) is 8.56. The van der Waals surface area contributed by atoms with Crippen molar-refractivity contribution in [1.29, 1.82) is 0 Å². The number of anilines is 1. The molecule has 0 unspecified atom stereocenters. The average Bonchev–Trinajstić information content (AvgIpc) is 3.16. The van der Waals surface area contributed by atoms with Gasteiger partial charge in [-0.25, -0.2) is 9.48 Å². The predicted octanol–water partition coefficient (Wildman–Crippen LogP) is 3.88. The number of para-hydroxylation sites is 2. The molecule has 0 spiro atoms. The van der Waals surface area contributed by atoms with Crippen molar-refractivity contribution in [3.63, 3.8) is 0 Å². The molecule has 6 heteroatoms. The first-order chi connectivity index (χ1) is 13.3. The molecule has 1 aromatic heterocycles. The molecule has 27 heavy (non-hydrogen) atoms. The van der Waals surface area contributed by atoms with Gasteiger partial charge in [-0.2, -0.15) is 0 Å². The van der Waals surface area contributed by atoms with Gasteiger partial charge in [-0.15, -0.1) is 5.10 Å². The molecule has 0 fully saturated rings. The summed E-state index contributed by atoms with van der Waals surface area (Å²) in [7, 11) is 1.37. The second kappa shape index (κ2) is 7.29. The molecular weight excluding hydrogens is 340 g/mol. The molecule has 0 aliphatic carbocycles. The van der Waals surface area contributed by atoms with Gasteiger partial charge in [0.1, 0.15) is 11.7 Å². The highest BCUT2D eigenvalue weighted by Gasteiger charge is 2.20. The largest absolute Gasteiger partial charge is 0.465 e. The number of hydrogen-bond donors (Lipinski definition) is 1. The highest BCUT2D eigenvalue weighted by molar-refractivity contribution is 5.95. The van der Waals surface area contributed by atoms with Crippen LogP contribution >= 0.6 is 0 Å². The minimum absolute atomic E-state index is 0.343. The number of benzene rings is 3. The van der Waals surface area contributed by atoms with E-state index in [1.807, 2.05) is 71.4 Å². The maximum atomic E-state index is 12.2. The number of carbonyl (C=O) groups is 1. The van der Waals surface area contributed by atoms with Gasteiger partial charge in [0.05, 0.1) is 23.9 Å². The SMILES string of the molecule is COC(=O)c1ccccc1N[C@H](c1ccccc1)n1nnc2ccccc21. The van der Waals surface area contributed by atoms with Crippen LogP contribution in [-0.4, -0.2) is 28.1 Å². The van der Waals surface area contributed by atoms with Crippen LogP contribution in [0.5, 0.6) is 0 Å². The van der Waals surface area contributed by atoms with E-state index >= 15 is 0 Å². The number of carbonyl (C=O) groups excluding carboxylic acids is 1. The van der Waals surface area contributed by atoms with Gasteiger partial charge in [0, 0.05) is 0 Å². The lowest BCUT2D eigenvalue weighted by Crippen LogP contribution is -2.22. The fourth-order valence-corrected chi connectivity index (χ4v) is 3.04. The number of methoxy groups -OCH3 is 1. The van der Waals surface area contributed by atoms with Crippen LogP contribution in [-0.2, 0) is 4.74 Å². The monoisotopic (exact) mass is 358 g/mol. The fraction of sp³-hybridized carbons (Fsp3) is 0.0952. The van der Waals surface area contributed by atoms with Gasteiger partial charge in [0.2, 0.25) is 0 Å². The summed E-state index contributed by atoms with van der Waals surface area (Å²) >= 11 is 0. The van der Waals surface area contributed by atoms with Crippen LogP contribution in [0.3, 0.4) is 0 Å². The van der Waals surface area contributed by atoms with E-state index in [4.69, 9.17) is 4.74 Å². The van der Waals surface area contributed by atoms with Crippen molar-refractivity contribution >= 4 is 22.7 Å². The van der Waals surface area contributed by atoms with Gasteiger partial charge in [0.25, 0.3) is 0 Å². The Bertz CT molecular complexity index is 1080. The van der Waals surface area contributed by atoms with Crippen LogP contribution < -0.4 is 5.32 Å². The molecule has 0 aliphatic rings. The number of esters is 1. The lowest BCUT2D eigenvalue weighted by Gasteiger charge is -2.22. The molecule has 4 aromatic rings. The summed E-state index contributed by atoms with van der Waals surface area (Å²) < 4.78 is 6.73. The zero-order chi connectivity index (χ0) is 18.6. The van der Waals surface area contributed by atoms with E-state index in [1.54, 1.807) is 12.1 Å². The van der Waals surface area contributed by atoms with Crippen molar-refractivity contribution in [2.75, 3.05) is 12.4 Å². The number of ether oxygens (including phenoxy) is 1. The van der Waals surface area contributed by atoms with E-state index in [0.717, 1.165) is 16.6 Å². The molecule has 0 radical (unpaired) electrons. The van der Waals surface area contributed by atoms with E-state index in [-0.39, 0.29) is 6.17 Å². The van der Waals surface area contributed by atoms with E-state index in [0.29, 0.717) is 11.3 Å². The molecule has 1 N–H and O–H groups in total. The zero-order valence-electron chi connectivity index (χ0n) is 14.7. The van der Waals surface area contributed by atoms with Gasteiger partial charge >= 0.3 is 5.97 Å². The standard InChI is InChI=1S/C21H18N4O2/c1-27-21(26)16-11-5-6-12-17(16)22-20(15-9-3-2-4-10-15)25-19-14-8-7-13-18(19)23-24-25/h2-14,20,22H,1H3/t20-/m0/s1. The van der Waals surface area contributed by atoms with Gasteiger partial charge in [-0.05, 0) is 29.8 Å². The summed E-state index contributed by atoms with van der Waals surface area (Å²) in [5, 5.41) is 12.0. The van der Waals surface area contributed by atoms with E-state index < -0.39 is 5.97 Å². The van der Waals surface area contributed by atoms with Crippen molar-refractivity contribution in [3.8, 4) is 0 Å². The first-order valence-corrected chi connectivity index (χ1v) is 8.56. The number of rotatable bonds is 5. The summed E-state index contributed by atoms with van der Waals surface area (Å²) in [5.41, 5.74) is 3.83. The summed E-state index contributed by atoms with van der Waals surface area (Å²) in [4.78, 5) is 12.2. The number of aromatic nitrogens is 3. The molecule has 0 amide bonds. The normalized spacial score (nSPS) is 11.9. The third kappa shape index (κ3) is 3.25. The van der Waals surface area contributed by atoms with E-state index in [1.165, 1.54) is 7.11 Å². The average molecular weight is 358 g/mol. The first kappa shape index (κ1) is 16.8. The molecule has 134 valence electrons. The van der Waals surface area contributed by atoms with Crippen molar-refractivity contribution in [3.05, 3.63) is 90.0 Å². The summed E-state index contributed by atoms with van der Waals surface area (Å²) in [6, 6.07) is 24.9. The molecule has 1 atom stereocenters. The Morgan fingerprint density at radius 3 is 2.48 bits per heavy atom. The highest BCUT2D eigenvalue weighted by Crippen LogP contribution is 2.26. The van der Waals surface area contributed by atoms with Crippen molar-refractivity contribution in [2.24, 2.45) is 0 Å². The molecule has 1 heterocycles. The van der Waals surface area contributed by atoms with Crippen LogP contribution in [0, 0.1) is 0 Å². The van der Waals surface area contributed by atoms with Gasteiger partial charge < -0.3 is 10.1 Å². The van der Waals surface area contributed by atoms with Crippen LogP contribution in [0.4, 0.5) is 5.69 Å². The van der Waals surface area contributed by atoms with Crippen LogP contribution in [0.2, 0.25) is 0 Å². The Kier molecular flexibility index (Phi) is 4.53. The maximum Gasteiger partial charge on any atom is 0.339 e. The lowest BCUT2D eigenvalue weighted by molar-refractivity contribution is 0.0601. The topological polar surface area (TPSA) is 69.0 Å². The summed E-state index contributed by atoms with van der Waals surface area (Å²) in [6.07, 6.45) is -0.343. The molecule has 0 aliphatic heterocycles. The van der Waals surface area contributed by atoms with Crippen molar-refractivity contribution in [2.45, 2.75) is 6.17 Å². The molecule has 0 bridgehead atoms. The fourth-order valence-electron chi connectivity index (χ4n) is 3.04.